The molecule has 0 atom stereocenters. The monoisotopic (exact) mass is 285 g/mol. The largest absolute Gasteiger partial charge is 0.337 e. The number of carbonyl (C=O) groups excluding carboxylic acids is 2. The Morgan fingerprint density at radius 2 is 2.00 bits per heavy atom. The summed E-state index contributed by atoms with van der Waals surface area (Å²) in [6.45, 7) is 5.82. The molecule has 2 aromatic rings. The molecule has 6 heteroatoms. The van der Waals surface area contributed by atoms with Crippen LogP contribution in [-0.4, -0.2) is 21.8 Å². The second-order valence-corrected chi connectivity index (χ2v) is 5.16. The number of hydrogen-bond donors (Lipinski definition) is 0. The molecule has 0 radical (unpaired) electrons. The van der Waals surface area contributed by atoms with Crippen LogP contribution in [0.4, 0.5) is 5.69 Å². The van der Waals surface area contributed by atoms with E-state index in [1.807, 2.05) is 26.8 Å². The highest BCUT2D eigenvalue weighted by Crippen LogP contribution is 2.34. The van der Waals surface area contributed by atoms with Crippen LogP contribution in [0, 0.1) is 13.8 Å². The molecule has 0 N–H and O–H groups in total. The van der Waals surface area contributed by atoms with Gasteiger partial charge in [-0.15, -0.1) is 0 Å². The molecule has 1 aromatic heterocycles. The van der Waals surface area contributed by atoms with E-state index in [0.29, 0.717) is 29.4 Å². The quantitative estimate of drug-likeness (QED) is 0.806. The van der Waals surface area contributed by atoms with E-state index in [2.05, 4.69) is 10.1 Å². The fourth-order valence-electron chi connectivity index (χ4n) is 2.61. The molecule has 21 heavy (non-hydrogen) atoms. The highest BCUT2D eigenvalue weighted by atomic mass is 16.5. The average Bonchev–Trinajstić information content (AvgIpc) is 2.98. The summed E-state index contributed by atoms with van der Waals surface area (Å²) in [6.07, 6.45) is 0.658. The molecule has 0 fully saturated rings. The maximum absolute atomic E-state index is 12.2. The summed E-state index contributed by atoms with van der Waals surface area (Å²) >= 11 is 0. The number of amides is 1. The summed E-state index contributed by atoms with van der Waals surface area (Å²) < 4.78 is 5.11. The second-order valence-electron chi connectivity index (χ2n) is 5.16. The number of aryl methyl sites for hydroxylation is 3. The number of carbonyl (C=O) groups is 2. The number of nitrogens with zero attached hydrogens (tertiary/aromatic N) is 3. The summed E-state index contributed by atoms with van der Waals surface area (Å²) in [6, 6.07) is 3.69. The van der Waals surface area contributed by atoms with E-state index in [0.717, 1.165) is 11.1 Å². The van der Waals surface area contributed by atoms with Crippen LogP contribution < -0.4 is 4.90 Å². The van der Waals surface area contributed by atoms with E-state index in [1.54, 1.807) is 6.07 Å². The summed E-state index contributed by atoms with van der Waals surface area (Å²) in [5, 5.41) is 3.80. The van der Waals surface area contributed by atoms with E-state index in [9.17, 15) is 9.59 Å². The van der Waals surface area contributed by atoms with Gasteiger partial charge in [0.2, 0.25) is 5.89 Å². The zero-order valence-electron chi connectivity index (χ0n) is 12.1. The Bertz CT molecular complexity index is 749. The molecule has 1 amide bonds. The SMILES string of the molecule is CCc1noc(CN2C(=O)C(=O)c3cc(C)cc(C)c32)n1. The van der Waals surface area contributed by atoms with Gasteiger partial charge in [0.15, 0.2) is 5.82 Å². The molecule has 1 aromatic carbocycles. The lowest BCUT2D eigenvalue weighted by atomic mass is 10.0. The standard InChI is InChI=1S/C15H15N3O3/c1-4-11-16-12(21-17-11)7-18-13-9(3)5-8(2)6-10(13)14(19)15(18)20/h5-6H,4,7H2,1-3H3. The molecule has 2 heterocycles. The van der Waals surface area contributed by atoms with Crippen molar-refractivity contribution in [3.8, 4) is 0 Å². The number of anilines is 1. The smallest absolute Gasteiger partial charge is 0.299 e. The molecular formula is C15H15N3O3. The molecule has 0 aliphatic carbocycles. The Balaban J connectivity index is 2.01. The summed E-state index contributed by atoms with van der Waals surface area (Å²) in [4.78, 5) is 29.9. The maximum Gasteiger partial charge on any atom is 0.299 e. The Hall–Kier alpha value is -2.50. The number of fused-ring (bicyclic) bond motifs is 1. The van der Waals surface area contributed by atoms with Crippen LogP contribution in [0.5, 0.6) is 0 Å². The number of rotatable bonds is 3. The van der Waals surface area contributed by atoms with Gasteiger partial charge >= 0.3 is 0 Å². The van der Waals surface area contributed by atoms with Crippen molar-refractivity contribution in [2.75, 3.05) is 4.90 Å². The minimum atomic E-state index is -0.546. The minimum absolute atomic E-state index is 0.120. The van der Waals surface area contributed by atoms with Crippen LogP contribution in [0.25, 0.3) is 0 Å². The van der Waals surface area contributed by atoms with Gasteiger partial charge in [0.1, 0.15) is 6.54 Å². The van der Waals surface area contributed by atoms with Crippen molar-refractivity contribution in [3.63, 3.8) is 0 Å². The highest BCUT2D eigenvalue weighted by Gasteiger charge is 2.38. The summed E-state index contributed by atoms with van der Waals surface area (Å²) in [5.74, 6) is -0.105. The van der Waals surface area contributed by atoms with Crippen LogP contribution in [0.2, 0.25) is 0 Å². The number of aromatic nitrogens is 2. The van der Waals surface area contributed by atoms with Crippen LogP contribution >= 0.6 is 0 Å². The van der Waals surface area contributed by atoms with Crippen molar-refractivity contribution in [3.05, 3.63) is 40.5 Å². The molecule has 0 saturated carbocycles. The number of benzene rings is 1. The van der Waals surface area contributed by atoms with E-state index >= 15 is 0 Å². The third-order valence-electron chi connectivity index (χ3n) is 3.52. The van der Waals surface area contributed by atoms with Crippen molar-refractivity contribution in [2.45, 2.75) is 33.7 Å². The first-order chi connectivity index (χ1) is 10.0. The Morgan fingerprint density at radius 1 is 1.24 bits per heavy atom. The van der Waals surface area contributed by atoms with Crippen molar-refractivity contribution in [1.29, 1.82) is 0 Å². The molecule has 3 rings (SSSR count). The highest BCUT2D eigenvalue weighted by molar-refractivity contribution is 6.52. The molecule has 0 saturated heterocycles. The van der Waals surface area contributed by atoms with Crippen LogP contribution in [0.15, 0.2) is 16.7 Å². The third-order valence-corrected chi connectivity index (χ3v) is 3.52. The Labute approximate surface area is 121 Å². The third kappa shape index (κ3) is 2.12. The normalized spacial score (nSPS) is 14.0. The second kappa shape index (κ2) is 4.80. The predicted octanol–water partition coefficient (Wildman–Crippen LogP) is 1.98. The van der Waals surface area contributed by atoms with Crippen molar-refractivity contribution in [1.82, 2.24) is 10.1 Å². The van der Waals surface area contributed by atoms with Gasteiger partial charge in [-0.05, 0) is 31.0 Å². The lowest BCUT2D eigenvalue weighted by molar-refractivity contribution is -0.114. The summed E-state index contributed by atoms with van der Waals surface area (Å²) in [7, 11) is 0. The van der Waals surface area contributed by atoms with Gasteiger partial charge in [-0.3, -0.25) is 14.5 Å². The van der Waals surface area contributed by atoms with Crippen LogP contribution in [0.3, 0.4) is 0 Å². The zero-order valence-corrected chi connectivity index (χ0v) is 12.1. The lowest BCUT2D eigenvalue weighted by Crippen LogP contribution is -2.29. The topological polar surface area (TPSA) is 76.3 Å². The number of ketones is 1. The van der Waals surface area contributed by atoms with Crippen LogP contribution in [-0.2, 0) is 17.8 Å². The average molecular weight is 285 g/mol. The molecule has 6 nitrogen and oxygen atoms in total. The Kier molecular flexibility index (Phi) is 3.08. The van der Waals surface area contributed by atoms with Crippen LogP contribution in [0.1, 0.15) is 40.1 Å². The van der Waals surface area contributed by atoms with Gasteiger partial charge in [-0.25, -0.2) is 0 Å². The minimum Gasteiger partial charge on any atom is -0.337 e. The number of Topliss-reactive ketones (excluding diaryl/α,β-unsaturated/α-hetero) is 1. The fourth-order valence-corrected chi connectivity index (χ4v) is 2.61. The van der Waals surface area contributed by atoms with E-state index in [4.69, 9.17) is 4.52 Å². The van der Waals surface area contributed by atoms with Gasteiger partial charge in [-0.1, -0.05) is 18.1 Å². The lowest BCUT2D eigenvalue weighted by Gasteiger charge is -2.16. The van der Waals surface area contributed by atoms with Crippen molar-refractivity contribution in [2.24, 2.45) is 0 Å². The predicted molar refractivity (Wildman–Crippen MR) is 75.1 cm³/mol. The molecule has 1 aliphatic heterocycles. The first-order valence-corrected chi connectivity index (χ1v) is 6.80. The summed E-state index contributed by atoms with van der Waals surface area (Å²) in [5.41, 5.74) is 2.94. The van der Waals surface area contributed by atoms with E-state index in [1.165, 1.54) is 4.90 Å². The first-order valence-electron chi connectivity index (χ1n) is 6.80. The molecule has 0 bridgehead atoms. The molecular weight excluding hydrogens is 270 g/mol. The first kappa shape index (κ1) is 13.5. The molecule has 0 unspecified atom stereocenters. The van der Waals surface area contributed by atoms with E-state index < -0.39 is 11.7 Å². The molecule has 108 valence electrons. The van der Waals surface area contributed by atoms with Gasteiger partial charge < -0.3 is 4.52 Å². The molecule has 0 spiro atoms. The fraction of sp³-hybridized carbons (Fsp3) is 0.333. The van der Waals surface area contributed by atoms with E-state index in [-0.39, 0.29) is 6.54 Å². The zero-order chi connectivity index (χ0) is 15.1. The Morgan fingerprint density at radius 3 is 2.67 bits per heavy atom. The molecule has 1 aliphatic rings. The maximum atomic E-state index is 12.2. The van der Waals surface area contributed by atoms with Gasteiger partial charge in [-0.2, -0.15) is 4.98 Å². The van der Waals surface area contributed by atoms with Crippen molar-refractivity contribution >= 4 is 17.4 Å². The van der Waals surface area contributed by atoms with Gasteiger partial charge in [0, 0.05) is 6.42 Å². The number of hydrogen-bond acceptors (Lipinski definition) is 5. The van der Waals surface area contributed by atoms with Crippen molar-refractivity contribution < 1.29 is 14.1 Å². The van der Waals surface area contributed by atoms with Gasteiger partial charge in [0.25, 0.3) is 11.7 Å². The van der Waals surface area contributed by atoms with Gasteiger partial charge in [0.05, 0.1) is 11.3 Å².